The summed E-state index contributed by atoms with van der Waals surface area (Å²) in [6.07, 6.45) is 1.06. The number of hydrogen-bond acceptors (Lipinski definition) is 6. The number of fused-ring (bicyclic) bond motifs is 2. The first-order chi connectivity index (χ1) is 12.3. The molecule has 2 saturated heterocycles. The Hall–Kier alpha value is -1.80. The van der Waals surface area contributed by atoms with E-state index in [-0.39, 0.29) is 49.7 Å². The first-order valence-corrected chi connectivity index (χ1v) is 9.29. The van der Waals surface area contributed by atoms with E-state index in [0.717, 1.165) is 0 Å². The van der Waals surface area contributed by atoms with Crippen molar-refractivity contribution >= 4 is 23.6 Å². The van der Waals surface area contributed by atoms with E-state index in [1.165, 1.54) is 9.80 Å². The van der Waals surface area contributed by atoms with Crippen LogP contribution in [0.15, 0.2) is 0 Å². The minimum atomic E-state index is -0.560. The average Bonchev–Trinajstić information content (AvgIpc) is 2.98. The molecule has 1 aliphatic carbocycles. The summed E-state index contributed by atoms with van der Waals surface area (Å²) in [6, 6.07) is -0.782. The van der Waals surface area contributed by atoms with Crippen molar-refractivity contribution in [2.45, 2.75) is 51.6 Å². The molecule has 0 radical (unpaired) electrons. The minimum absolute atomic E-state index is 0.118. The lowest BCUT2D eigenvalue weighted by molar-refractivity contribution is -0.142. The number of nitrogens with zero attached hydrogens (tertiary/aromatic N) is 2. The van der Waals surface area contributed by atoms with Gasteiger partial charge in [-0.25, -0.2) is 0 Å². The molecule has 4 amide bonds. The Labute approximate surface area is 152 Å². The molecule has 1 saturated carbocycles. The van der Waals surface area contributed by atoms with Gasteiger partial charge in [-0.15, -0.1) is 0 Å². The lowest BCUT2D eigenvalue weighted by atomic mass is 9.70. The van der Waals surface area contributed by atoms with E-state index in [1.807, 2.05) is 0 Å². The van der Waals surface area contributed by atoms with Gasteiger partial charge < -0.3 is 10.2 Å². The van der Waals surface area contributed by atoms with Crippen molar-refractivity contribution in [3.8, 4) is 0 Å². The number of hydrogen-bond donors (Lipinski definition) is 2. The fraction of sp³-hybridized carbons (Fsp3) is 0.778. The van der Waals surface area contributed by atoms with Crippen LogP contribution in [-0.4, -0.2) is 68.9 Å². The molecule has 8 nitrogen and oxygen atoms in total. The van der Waals surface area contributed by atoms with Crippen LogP contribution < -0.4 is 0 Å². The minimum Gasteiger partial charge on any atom is -0.396 e. The highest BCUT2D eigenvalue weighted by Gasteiger charge is 2.60. The van der Waals surface area contributed by atoms with Crippen LogP contribution >= 0.6 is 0 Å². The molecule has 2 heterocycles. The predicted molar refractivity (Wildman–Crippen MR) is 89.2 cm³/mol. The van der Waals surface area contributed by atoms with Gasteiger partial charge in [-0.2, -0.15) is 0 Å². The molecule has 0 aromatic rings. The van der Waals surface area contributed by atoms with Crippen molar-refractivity contribution < 1.29 is 29.4 Å². The topological polar surface area (TPSA) is 115 Å². The Balaban J connectivity index is 1.81. The van der Waals surface area contributed by atoms with Crippen molar-refractivity contribution in [2.75, 3.05) is 13.2 Å². The molecule has 3 aliphatic rings. The zero-order chi connectivity index (χ0) is 19.2. The van der Waals surface area contributed by atoms with Gasteiger partial charge in [0, 0.05) is 25.3 Å². The third kappa shape index (κ3) is 2.75. The molecule has 2 aliphatic heterocycles. The van der Waals surface area contributed by atoms with Gasteiger partial charge >= 0.3 is 0 Å². The summed E-state index contributed by atoms with van der Waals surface area (Å²) in [4.78, 5) is 53.4. The van der Waals surface area contributed by atoms with E-state index >= 15 is 0 Å². The Kier molecular flexibility index (Phi) is 5.16. The summed E-state index contributed by atoms with van der Waals surface area (Å²) >= 11 is 0. The van der Waals surface area contributed by atoms with Crippen LogP contribution in [0, 0.1) is 23.7 Å². The molecule has 144 valence electrons. The maximum absolute atomic E-state index is 12.7. The highest BCUT2D eigenvalue weighted by molar-refractivity contribution is 6.09. The molecule has 0 spiro atoms. The maximum atomic E-state index is 12.7. The third-order valence-corrected chi connectivity index (χ3v) is 6.18. The van der Waals surface area contributed by atoms with Gasteiger partial charge in [-0.05, 0) is 39.5 Å². The van der Waals surface area contributed by atoms with Crippen LogP contribution in [-0.2, 0) is 19.2 Å². The van der Waals surface area contributed by atoms with Gasteiger partial charge in [0.25, 0.3) is 0 Å². The smallest absolute Gasteiger partial charge is 0.233 e. The van der Waals surface area contributed by atoms with E-state index in [0.29, 0.717) is 12.8 Å². The Morgan fingerprint density at radius 3 is 1.23 bits per heavy atom. The second-order valence-electron chi connectivity index (χ2n) is 7.71. The third-order valence-electron chi connectivity index (χ3n) is 6.18. The number of aliphatic hydroxyl groups excluding tert-OH is 2. The van der Waals surface area contributed by atoms with E-state index in [4.69, 9.17) is 10.2 Å². The first kappa shape index (κ1) is 19.0. The van der Waals surface area contributed by atoms with Gasteiger partial charge in [0.1, 0.15) is 0 Å². The second kappa shape index (κ2) is 7.08. The van der Waals surface area contributed by atoms with Gasteiger partial charge in [-0.3, -0.25) is 29.0 Å². The summed E-state index contributed by atoms with van der Waals surface area (Å²) in [5.41, 5.74) is 0. The highest BCUT2D eigenvalue weighted by Crippen LogP contribution is 2.48. The lowest BCUT2D eigenvalue weighted by Crippen LogP contribution is -2.40. The van der Waals surface area contributed by atoms with E-state index < -0.39 is 35.8 Å². The average molecular weight is 366 g/mol. The van der Waals surface area contributed by atoms with Gasteiger partial charge in [0.15, 0.2) is 0 Å². The molecule has 6 unspecified atom stereocenters. The maximum Gasteiger partial charge on any atom is 0.233 e. The lowest BCUT2D eigenvalue weighted by Gasteiger charge is -2.28. The molecule has 6 atom stereocenters. The number of amides is 4. The molecular formula is C18H26N2O6. The monoisotopic (exact) mass is 366 g/mol. The van der Waals surface area contributed by atoms with Gasteiger partial charge in [0.05, 0.1) is 23.7 Å². The summed E-state index contributed by atoms with van der Waals surface area (Å²) in [6.45, 7) is 3.21. The van der Waals surface area contributed by atoms with E-state index in [2.05, 4.69) is 0 Å². The summed E-state index contributed by atoms with van der Waals surface area (Å²) in [5, 5.41) is 18.2. The highest BCUT2D eigenvalue weighted by atomic mass is 16.3. The SMILES string of the molecule is CC(CCO)N1C(=O)C2CC3C(=O)N(C(C)CCO)C(=O)C3CC2C1=O. The Morgan fingerprint density at radius 1 is 0.731 bits per heavy atom. The van der Waals surface area contributed by atoms with Gasteiger partial charge in [-0.1, -0.05) is 0 Å². The van der Waals surface area contributed by atoms with Crippen molar-refractivity contribution in [3.05, 3.63) is 0 Å². The quantitative estimate of drug-likeness (QED) is 0.614. The molecule has 8 heteroatoms. The number of rotatable bonds is 6. The number of aliphatic hydroxyl groups is 2. The fourth-order valence-corrected chi connectivity index (χ4v) is 4.73. The Morgan fingerprint density at radius 2 is 1.00 bits per heavy atom. The zero-order valence-electron chi connectivity index (χ0n) is 15.1. The van der Waals surface area contributed by atoms with Crippen LogP contribution in [0.5, 0.6) is 0 Å². The Bertz CT molecular complexity index is 541. The zero-order valence-corrected chi connectivity index (χ0v) is 15.1. The van der Waals surface area contributed by atoms with Gasteiger partial charge in [0.2, 0.25) is 23.6 Å². The standard InChI is InChI=1S/C18H26N2O6/c1-9(3-5-21)19-15(23)11-7-13-14(8-12(11)16(19)24)18(26)20(17(13)25)10(2)4-6-22/h9-14,21-22H,3-8H2,1-2H3. The van der Waals surface area contributed by atoms with Crippen LogP contribution in [0.4, 0.5) is 0 Å². The first-order valence-electron chi connectivity index (χ1n) is 9.29. The molecule has 0 aromatic heterocycles. The molecule has 0 bridgehead atoms. The summed E-state index contributed by atoms with van der Waals surface area (Å²) < 4.78 is 0. The fourth-order valence-electron chi connectivity index (χ4n) is 4.73. The second-order valence-corrected chi connectivity index (χ2v) is 7.71. The predicted octanol–water partition coefficient (Wildman–Crippen LogP) is -0.476. The molecule has 3 fully saturated rings. The number of carbonyl (C=O) groups is 4. The number of carbonyl (C=O) groups excluding carboxylic acids is 4. The van der Waals surface area contributed by atoms with E-state index in [1.54, 1.807) is 13.8 Å². The van der Waals surface area contributed by atoms with Crippen LogP contribution in [0.2, 0.25) is 0 Å². The van der Waals surface area contributed by atoms with Crippen molar-refractivity contribution in [1.29, 1.82) is 0 Å². The van der Waals surface area contributed by atoms with Crippen LogP contribution in [0.1, 0.15) is 39.5 Å². The summed E-state index contributed by atoms with van der Waals surface area (Å²) in [7, 11) is 0. The van der Waals surface area contributed by atoms with Crippen LogP contribution in [0.25, 0.3) is 0 Å². The van der Waals surface area contributed by atoms with Crippen molar-refractivity contribution in [2.24, 2.45) is 23.7 Å². The van der Waals surface area contributed by atoms with Crippen molar-refractivity contribution in [1.82, 2.24) is 9.80 Å². The van der Waals surface area contributed by atoms with Crippen molar-refractivity contribution in [3.63, 3.8) is 0 Å². The molecular weight excluding hydrogens is 340 g/mol. The molecule has 2 N–H and O–H groups in total. The van der Waals surface area contributed by atoms with E-state index in [9.17, 15) is 19.2 Å². The molecule has 26 heavy (non-hydrogen) atoms. The number of imide groups is 2. The largest absolute Gasteiger partial charge is 0.396 e. The number of likely N-dealkylation sites (tertiary alicyclic amines) is 2. The normalized spacial score (nSPS) is 33.5. The molecule has 0 aromatic carbocycles. The van der Waals surface area contributed by atoms with Crippen LogP contribution in [0.3, 0.4) is 0 Å². The molecule has 3 rings (SSSR count). The summed E-state index contributed by atoms with van der Waals surface area (Å²) in [5.74, 6) is -3.40.